The van der Waals surface area contributed by atoms with Crippen LogP contribution in [0.1, 0.15) is 39.5 Å². The van der Waals surface area contributed by atoms with Gasteiger partial charge in [-0.3, -0.25) is 9.59 Å². The molecule has 1 saturated heterocycles. The smallest absolute Gasteiger partial charge is 0.336 e. The number of carbonyl (C=O) groups is 3. The van der Waals surface area contributed by atoms with E-state index in [2.05, 4.69) is 10.6 Å². The molecule has 0 aromatic rings. The molecule has 0 saturated carbocycles. The summed E-state index contributed by atoms with van der Waals surface area (Å²) in [6, 6.07) is -0.709. The fourth-order valence-corrected chi connectivity index (χ4v) is 2.20. The Morgan fingerprint density at radius 3 is 2.20 bits per heavy atom. The van der Waals surface area contributed by atoms with Gasteiger partial charge < -0.3 is 36.5 Å². The predicted octanol–water partition coefficient (Wildman–Crippen LogP) is -2.00. The number of carboxylic acids is 1. The molecule has 0 aliphatic carbocycles. The summed E-state index contributed by atoms with van der Waals surface area (Å²) in [4.78, 5) is 34.8. The minimum absolute atomic E-state index is 0. The number of nitrogens with one attached hydrogen (secondary N) is 2. The number of epoxide rings is 1. The molecule has 0 aromatic carbocycles. The molecule has 10 nitrogen and oxygen atoms in total. The number of aliphatic carboxylic acids is 1. The summed E-state index contributed by atoms with van der Waals surface area (Å²) in [6.07, 6.45) is 0.585. The topological polar surface area (TPSA) is 191 Å². The summed E-state index contributed by atoms with van der Waals surface area (Å²) in [5.41, 5.74) is 0. The number of unbranched alkanes of at least 4 members (excludes halogenated alkanes) is 2. The van der Waals surface area contributed by atoms with Crippen molar-refractivity contribution in [3.05, 3.63) is 0 Å². The van der Waals surface area contributed by atoms with Gasteiger partial charge in [0.1, 0.15) is 6.04 Å². The van der Waals surface area contributed by atoms with Crippen LogP contribution in [-0.4, -0.2) is 70.4 Å². The molecule has 1 aliphatic rings. The van der Waals surface area contributed by atoms with Gasteiger partial charge in [0.05, 0.1) is 0 Å². The quantitative estimate of drug-likeness (QED) is 0.241. The summed E-state index contributed by atoms with van der Waals surface area (Å²) in [7, 11) is 0. The lowest BCUT2D eigenvalue weighted by molar-refractivity contribution is -0.138. The zero-order valence-corrected chi connectivity index (χ0v) is 14.6. The third kappa shape index (κ3) is 9.34. The van der Waals surface area contributed by atoms with E-state index in [1.807, 2.05) is 13.8 Å². The van der Waals surface area contributed by atoms with Gasteiger partial charge in [0, 0.05) is 13.2 Å². The van der Waals surface area contributed by atoms with Crippen LogP contribution >= 0.6 is 0 Å². The molecule has 10 heteroatoms. The highest BCUT2D eigenvalue weighted by Crippen LogP contribution is 2.22. The second-order valence-corrected chi connectivity index (χ2v) is 6.08. The van der Waals surface area contributed by atoms with Crippen LogP contribution < -0.4 is 10.6 Å². The van der Waals surface area contributed by atoms with Crippen molar-refractivity contribution >= 4 is 17.8 Å². The maximum absolute atomic E-state index is 12.2. The standard InChI is InChI=1S/C15H26N2O6.2H2O/c1-9(2)8-10(13(19)16-6-4-3-5-7-18)17-14(20)11-12(23-11)15(21)22;;/h9-12,18H,3-8H2,1-2H3,(H,16,19)(H,17,20)(H,21,22);2*1H2. The molecule has 0 bridgehead atoms. The van der Waals surface area contributed by atoms with Crippen LogP contribution in [0.4, 0.5) is 0 Å². The molecule has 1 heterocycles. The van der Waals surface area contributed by atoms with Gasteiger partial charge in [-0.2, -0.15) is 0 Å². The molecular formula is C15H30N2O8. The Morgan fingerprint density at radius 1 is 1.08 bits per heavy atom. The van der Waals surface area contributed by atoms with Gasteiger partial charge in [-0.1, -0.05) is 13.8 Å². The lowest BCUT2D eigenvalue weighted by atomic mass is 10.0. The van der Waals surface area contributed by atoms with Crippen LogP contribution in [0.2, 0.25) is 0 Å². The van der Waals surface area contributed by atoms with E-state index in [1.165, 1.54) is 0 Å². The molecule has 1 rings (SSSR count). The van der Waals surface area contributed by atoms with E-state index in [0.717, 1.165) is 12.8 Å². The van der Waals surface area contributed by atoms with Crippen LogP contribution in [0.3, 0.4) is 0 Å². The van der Waals surface area contributed by atoms with E-state index in [4.69, 9.17) is 14.9 Å². The summed E-state index contributed by atoms with van der Waals surface area (Å²) < 4.78 is 4.78. The van der Waals surface area contributed by atoms with Gasteiger partial charge in [0.15, 0.2) is 12.2 Å². The molecule has 1 fully saturated rings. The zero-order valence-electron chi connectivity index (χ0n) is 14.6. The first kappa shape index (κ1) is 25.5. The Bertz CT molecular complexity index is 430. The average Bonchev–Trinajstić information content (AvgIpc) is 3.26. The van der Waals surface area contributed by atoms with Crippen LogP contribution in [-0.2, 0) is 19.1 Å². The first-order chi connectivity index (χ1) is 10.9. The van der Waals surface area contributed by atoms with E-state index in [0.29, 0.717) is 19.4 Å². The van der Waals surface area contributed by atoms with Crippen LogP contribution in [0, 0.1) is 5.92 Å². The molecule has 25 heavy (non-hydrogen) atoms. The molecule has 0 aromatic heterocycles. The lowest BCUT2D eigenvalue weighted by Gasteiger charge is -2.19. The number of ether oxygens (including phenoxy) is 1. The maximum atomic E-state index is 12.2. The molecule has 0 radical (unpaired) electrons. The Balaban J connectivity index is 0. The van der Waals surface area contributed by atoms with Crippen LogP contribution in [0.25, 0.3) is 0 Å². The summed E-state index contributed by atoms with van der Waals surface area (Å²) >= 11 is 0. The third-order valence-electron chi connectivity index (χ3n) is 3.47. The van der Waals surface area contributed by atoms with E-state index < -0.39 is 30.1 Å². The number of hydrogen-bond donors (Lipinski definition) is 4. The Kier molecular flexibility index (Phi) is 12.8. The molecule has 8 N–H and O–H groups in total. The SMILES string of the molecule is CC(C)CC(NC(=O)C1OC1C(=O)O)C(=O)NCCCCCO.O.O. The second kappa shape index (κ2) is 12.6. The molecule has 3 unspecified atom stereocenters. The number of amides is 2. The van der Waals surface area contributed by atoms with Gasteiger partial charge >= 0.3 is 5.97 Å². The van der Waals surface area contributed by atoms with Gasteiger partial charge in [0.2, 0.25) is 5.91 Å². The van der Waals surface area contributed by atoms with Crippen molar-refractivity contribution in [3.63, 3.8) is 0 Å². The van der Waals surface area contributed by atoms with E-state index in [9.17, 15) is 14.4 Å². The number of carboxylic acid groups (broad SMARTS) is 1. The molecular weight excluding hydrogens is 336 g/mol. The monoisotopic (exact) mass is 366 g/mol. The third-order valence-corrected chi connectivity index (χ3v) is 3.47. The number of rotatable bonds is 11. The van der Waals surface area contributed by atoms with Gasteiger partial charge in [-0.05, 0) is 31.6 Å². The van der Waals surface area contributed by atoms with Crippen molar-refractivity contribution in [1.29, 1.82) is 0 Å². The maximum Gasteiger partial charge on any atom is 0.336 e. The number of aliphatic hydroxyl groups excluding tert-OH is 1. The summed E-state index contributed by atoms with van der Waals surface area (Å²) in [5, 5.41) is 22.8. The Hall–Kier alpha value is -1.75. The Morgan fingerprint density at radius 2 is 1.72 bits per heavy atom. The number of hydrogen-bond acceptors (Lipinski definition) is 5. The fraction of sp³-hybridized carbons (Fsp3) is 0.800. The predicted molar refractivity (Wildman–Crippen MR) is 88.9 cm³/mol. The van der Waals surface area contributed by atoms with Gasteiger partial charge in [-0.15, -0.1) is 0 Å². The van der Waals surface area contributed by atoms with E-state index in [1.54, 1.807) is 0 Å². The van der Waals surface area contributed by atoms with Gasteiger partial charge in [-0.25, -0.2) is 4.79 Å². The molecule has 0 spiro atoms. The summed E-state index contributed by atoms with van der Waals surface area (Å²) in [6.45, 7) is 4.47. The van der Waals surface area contributed by atoms with Crippen LogP contribution in [0.5, 0.6) is 0 Å². The Labute approximate surface area is 146 Å². The first-order valence-electron chi connectivity index (χ1n) is 7.94. The van der Waals surface area contributed by atoms with Gasteiger partial charge in [0.25, 0.3) is 5.91 Å². The number of carbonyl (C=O) groups excluding carboxylic acids is 2. The molecule has 148 valence electrons. The second-order valence-electron chi connectivity index (χ2n) is 6.08. The largest absolute Gasteiger partial charge is 0.479 e. The molecule has 3 atom stereocenters. The summed E-state index contributed by atoms with van der Waals surface area (Å²) in [5.74, 6) is -1.85. The zero-order chi connectivity index (χ0) is 17.4. The first-order valence-corrected chi connectivity index (χ1v) is 7.94. The highest BCUT2D eigenvalue weighted by molar-refractivity contribution is 5.95. The van der Waals surface area contributed by atoms with Crippen LogP contribution in [0.15, 0.2) is 0 Å². The van der Waals surface area contributed by atoms with E-state index >= 15 is 0 Å². The van der Waals surface area contributed by atoms with Crippen molar-refractivity contribution < 1.29 is 40.3 Å². The van der Waals surface area contributed by atoms with Crippen molar-refractivity contribution in [2.75, 3.05) is 13.2 Å². The van der Waals surface area contributed by atoms with E-state index in [-0.39, 0.29) is 29.4 Å². The fourth-order valence-electron chi connectivity index (χ4n) is 2.20. The van der Waals surface area contributed by atoms with Crippen molar-refractivity contribution in [1.82, 2.24) is 10.6 Å². The highest BCUT2D eigenvalue weighted by atomic mass is 16.6. The number of aliphatic hydroxyl groups is 1. The molecule has 1 aliphatic heterocycles. The van der Waals surface area contributed by atoms with Crippen molar-refractivity contribution in [2.24, 2.45) is 5.92 Å². The minimum atomic E-state index is -1.18. The van der Waals surface area contributed by atoms with Crippen molar-refractivity contribution in [3.8, 4) is 0 Å². The highest BCUT2D eigenvalue weighted by Gasteiger charge is 2.51. The average molecular weight is 366 g/mol. The normalized spacial score (nSPS) is 19.2. The molecule has 2 amide bonds. The lowest BCUT2D eigenvalue weighted by Crippen LogP contribution is -2.49. The van der Waals surface area contributed by atoms with Crippen molar-refractivity contribution in [2.45, 2.75) is 57.8 Å². The minimum Gasteiger partial charge on any atom is -0.479 e.